The molecule has 0 aromatic carbocycles. The number of hydrogen-bond donors (Lipinski definition) is 1. The van der Waals surface area contributed by atoms with Gasteiger partial charge in [0, 0.05) is 19.3 Å². The zero-order valence-corrected chi connectivity index (χ0v) is 8.77. The van der Waals surface area contributed by atoms with E-state index < -0.39 is 0 Å². The van der Waals surface area contributed by atoms with Crippen LogP contribution in [0, 0.1) is 5.92 Å². The topological polar surface area (TPSA) is 42.1 Å². The van der Waals surface area contributed by atoms with Crippen molar-refractivity contribution in [3.8, 4) is 0 Å². The molecule has 1 aromatic rings. The molecule has 2 heterocycles. The lowest BCUT2D eigenvalue weighted by atomic mass is 9.80. The first-order valence-corrected chi connectivity index (χ1v) is 5.07. The van der Waals surface area contributed by atoms with Crippen LogP contribution in [0.1, 0.15) is 13.8 Å². The van der Waals surface area contributed by atoms with Crippen molar-refractivity contribution in [2.75, 3.05) is 18.0 Å². The molecule has 1 fully saturated rings. The maximum Gasteiger partial charge on any atom is 0.128 e. The Morgan fingerprint density at radius 1 is 1.43 bits per heavy atom. The Bertz CT molecular complexity index is 302. The Labute approximate surface area is 84.9 Å². The maximum absolute atomic E-state index is 6.20. The summed E-state index contributed by atoms with van der Waals surface area (Å²) in [5.41, 5.74) is 6.19. The first-order chi connectivity index (χ1) is 6.62. The number of rotatable bonds is 2. The summed E-state index contributed by atoms with van der Waals surface area (Å²) in [4.78, 5) is 6.52. The van der Waals surface area contributed by atoms with E-state index in [9.17, 15) is 0 Å². The fourth-order valence-electron chi connectivity index (χ4n) is 1.73. The van der Waals surface area contributed by atoms with Crippen LogP contribution < -0.4 is 10.6 Å². The molecule has 2 rings (SSSR count). The Morgan fingerprint density at radius 3 is 2.64 bits per heavy atom. The van der Waals surface area contributed by atoms with Crippen molar-refractivity contribution in [2.45, 2.75) is 19.4 Å². The minimum Gasteiger partial charge on any atom is -0.353 e. The summed E-state index contributed by atoms with van der Waals surface area (Å²) in [7, 11) is 0. The van der Waals surface area contributed by atoms with E-state index in [0.717, 1.165) is 18.9 Å². The highest BCUT2D eigenvalue weighted by Gasteiger charge is 2.42. The van der Waals surface area contributed by atoms with Crippen molar-refractivity contribution in [2.24, 2.45) is 11.7 Å². The second-order valence-electron chi connectivity index (χ2n) is 4.43. The average Bonchev–Trinajstić information content (AvgIpc) is 2.14. The zero-order chi connectivity index (χ0) is 10.2. The van der Waals surface area contributed by atoms with Crippen molar-refractivity contribution in [1.29, 1.82) is 0 Å². The summed E-state index contributed by atoms with van der Waals surface area (Å²) in [6, 6.07) is 5.97. The van der Waals surface area contributed by atoms with E-state index in [1.54, 1.807) is 0 Å². The van der Waals surface area contributed by atoms with Crippen molar-refractivity contribution in [3.63, 3.8) is 0 Å². The van der Waals surface area contributed by atoms with Gasteiger partial charge >= 0.3 is 0 Å². The molecule has 1 aliphatic rings. The lowest BCUT2D eigenvalue weighted by Gasteiger charge is -2.51. The Kier molecular flexibility index (Phi) is 2.19. The first kappa shape index (κ1) is 9.46. The number of hydrogen-bond acceptors (Lipinski definition) is 3. The van der Waals surface area contributed by atoms with Crippen molar-refractivity contribution in [1.82, 2.24) is 4.98 Å². The first-order valence-electron chi connectivity index (χ1n) is 5.07. The Morgan fingerprint density at radius 2 is 2.14 bits per heavy atom. The Hall–Kier alpha value is -1.09. The number of nitrogens with two attached hydrogens (primary N) is 1. The van der Waals surface area contributed by atoms with Crippen molar-refractivity contribution < 1.29 is 0 Å². The molecule has 1 aromatic heterocycles. The smallest absolute Gasteiger partial charge is 0.128 e. The molecule has 0 amide bonds. The van der Waals surface area contributed by atoms with Crippen LogP contribution in [-0.2, 0) is 0 Å². The van der Waals surface area contributed by atoms with Crippen molar-refractivity contribution >= 4 is 5.82 Å². The summed E-state index contributed by atoms with van der Waals surface area (Å²) in [6.07, 6.45) is 1.82. The maximum atomic E-state index is 6.20. The second kappa shape index (κ2) is 3.24. The number of pyridine rings is 1. The minimum absolute atomic E-state index is 0.0163. The summed E-state index contributed by atoms with van der Waals surface area (Å²) < 4.78 is 0. The monoisotopic (exact) mass is 191 g/mol. The number of nitrogens with zero attached hydrogens (tertiary/aromatic N) is 2. The summed E-state index contributed by atoms with van der Waals surface area (Å²) in [5, 5.41) is 0. The molecule has 0 radical (unpaired) electrons. The van der Waals surface area contributed by atoms with Crippen LogP contribution in [0.3, 0.4) is 0 Å². The SMILES string of the molecule is CC(C)C1(N)CN(c2ccccn2)C1. The van der Waals surface area contributed by atoms with Gasteiger partial charge < -0.3 is 10.6 Å². The molecule has 2 N–H and O–H groups in total. The summed E-state index contributed by atoms with van der Waals surface area (Å²) in [5.74, 6) is 1.57. The van der Waals surface area contributed by atoms with Crippen LogP contribution in [0.4, 0.5) is 5.82 Å². The molecular weight excluding hydrogens is 174 g/mol. The van der Waals surface area contributed by atoms with Crippen LogP contribution in [0.25, 0.3) is 0 Å². The standard InChI is InChI=1S/C11H17N3/c1-9(2)11(12)7-14(8-11)10-5-3-4-6-13-10/h3-6,9H,7-8,12H2,1-2H3. The third-order valence-electron chi connectivity index (χ3n) is 3.09. The number of anilines is 1. The normalized spacial score (nSPS) is 19.6. The van der Waals surface area contributed by atoms with Gasteiger partial charge in [-0.05, 0) is 18.1 Å². The van der Waals surface area contributed by atoms with Gasteiger partial charge in [-0.2, -0.15) is 0 Å². The highest BCUT2D eigenvalue weighted by Crippen LogP contribution is 2.29. The van der Waals surface area contributed by atoms with E-state index in [0.29, 0.717) is 5.92 Å². The summed E-state index contributed by atoms with van der Waals surface area (Å²) in [6.45, 7) is 6.19. The van der Waals surface area contributed by atoms with Gasteiger partial charge in [-0.1, -0.05) is 19.9 Å². The van der Waals surface area contributed by atoms with Crippen molar-refractivity contribution in [3.05, 3.63) is 24.4 Å². The van der Waals surface area contributed by atoms with E-state index in [-0.39, 0.29) is 5.54 Å². The second-order valence-corrected chi connectivity index (χ2v) is 4.43. The Balaban J connectivity index is 2.02. The van der Waals surface area contributed by atoms with Gasteiger partial charge in [-0.3, -0.25) is 0 Å². The molecule has 0 atom stereocenters. The number of aromatic nitrogens is 1. The molecule has 0 spiro atoms. The zero-order valence-electron chi connectivity index (χ0n) is 8.77. The molecule has 1 saturated heterocycles. The van der Waals surface area contributed by atoms with Crippen LogP contribution in [0.2, 0.25) is 0 Å². The average molecular weight is 191 g/mol. The molecule has 3 heteroatoms. The molecule has 76 valence electrons. The van der Waals surface area contributed by atoms with E-state index in [4.69, 9.17) is 5.73 Å². The summed E-state index contributed by atoms with van der Waals surface area (Å²) >= 11 is 0. The molecule has 0 saturated carbocycles. The molecule has 0 unspecified atom stereocenters. The van der Waals surface area contributed by atoms with Crippen LogP contribution in [-0.4, -0.2) is 23.6 Å². The molecule has 0 aliphatic carbocycles. The fourth-order valence-corrected chi connectivity index (χ4v) is 1.73. The van der Waals surface area contributed by atoms with Gasteiger partial charge in [-0.25, -0.2) is 4.98 Å². The van der Waals surface area contributed by atoms with E-state index >= 15 is 0 Å². The lowest BCUT2D eigenvalue weighted by molar-refractivity contribution is 0.243. The fraction of sp³-hybridized carbons (Fsp3) is 0.545. The van der Waals surface area contributed by atoms with Crippen LogP contribution >= 0.6 is 0 Å². The van der Waals surface area contributed by atoms with Crippen LogP contribution in [0.5, 0.6) is 0 Å². The predicted molar refractivity (Wildman–Crippen MR) is 58.2 cm³/mol. The third-order valence-corrected chi connectivity index (χ3v) is 3.09. The highest BCUT2D eigenvalue weighted by atomic mass is 15.3. The van der Waals surface area contributed by atoms with Gasteiger partial charge in [0.2, 0.25) is 0 Å². The van der Waals surface area contributed by atoms with Gasteiger partial charge in [0.25, 0.3) is 0 Å². The molecular formula is C11H17N3. The predicted octanol–water partition coefficient (Wildman–Crippen LogP) is 1.26. The lowest BCUT2D eigenvalue weighted by Crippen LogP contribution is -2.70. The minimum atomic E-state index is -0.0163. The van der Waals surface area contributed by atoms with E-state index in [2.05, 4.69) is 23.7 Å². The molecule has 14 heavy (non-hydrogen) atoms. The molecule has 3 nitrogen and oxygen atoms in total. The molecule has 1 aliphatic heterocycles. The van der Waals surface area contributed by atoms with E-state index in [1.165, 1.54) is 0 Å². The van der Waals surface area contributed by atoms with Gasteiger partial charge in [0.05, 0.1) is 5.54 Å². The van der Waals surface area contributed by atoms with Gasteiger partial charge in [-0.15, -0.1) is 0 Å². The quantitative estimate of drug-likeness (QED) is 0.765. The van der Waals surface area contributed by atoms with E-state index in [1.807, 2.05) is 24.4 Å². The third kappa shape index (κ3) is 1.48. The van der Waals surface area contributed by atoms with Crippen LogP contribution in [0.15, 0.2) is 24.4 Å². The largest absolute Gasteiger partial charge is 0.353 e. The molecule has 0 bridgehead atoms. The van der Waals surface area contributed by atoms with Gasteiger partial charge in [0.1, 0.15) is 5.82 Å². The highest BCUT2D eigenvalue weighted by molar-refractivity contribution is 5.44. The van der Waals surface area contributed by atoms with Gasteiger partial charge in [0.15, 0.2) is 0 Å².